The van der Waals surface area contributed by atoms with Gasteiger partial charge in [0.1, 0.15) is 0 Å². The number of pyridine rings is 1. The average Bonchev–Trinajstić information content (AvgIpc) is 2.61. The standard InChI is InChI=1S/C18H25ClN4O/c1-4-22(5-2)12-13-23(6-3)18(24)21-16-10-9-15(19)17-14(16)8-7-11-20-17/h7-11H,4-6,12-13H2,1-3H3,(H,21,24). The monoisotopic (exact) mass is 348 g/mol. The van der Waals surface area contributed by atoms with Crippen molar-refractivity contribution in [2.75, 3.05) is 38.0 Å². The van der Waals surface area contributed by atoms with Crippen LogP contribution in [-0.2, 0) is 0 Å². The molecule has 0 saturated heterocycles. The van der Waals surface area contributed by atoms with E-state index in [1.165, 1.54) is 0 Å². The smallest absolute Gasteiger partial charge is 0.321 e. The molecule has 0 bridgehead atoms. The molecule has 0 radical (unpaired) electrons. The molecule has 0 aliphatic rings. The molecule has 2 rings (SSSR count). The van der Waals surface area contributed by atoms with E-state index in [9.17, 15) is 4.79 Å². The molecule has 0 atom stereocenters. The van der Waals surface area contributed by atoms with Crippen molar-refractivity contribution >= 4 is 34.2 Å². The van der Waals surface area contributed by atoms with Crippen molar-refractivity contribution < 1.29 is 4.79 Å². The molecule has 2 amide bonds. The predicted octanol–water partition coefficient (Wildman–Crippen LogP) is 4.08. The lowest BCUT2D eigenvalue weighted by molar-refractivity contribution is 0.200. The Balaban J connectivity index is 2.12. The number of carbonyl (C=O) groups is 1. The molecule has 5 nitrogen and oxygen atoms in total. The molecule has 6 heteroatoms. The first-order valence-corrected chi connectivity index (χ1v) is 8.79. The number of benzene rings is 1. The number of urea groups is 1. The van der Waals surface area contributed by atoms with Crippen LogP contribution in [0.3, 0.4) is 0 Å². The van der Waals surface area contributed by atoms with Gasteiger partial charge in [0.25, 0.3) is 0 Å². The van der Waals surface area contributed by atoms with E-state index < -0.39 is 0 Å². The third-order valence-electron chi connectivity index (χ3n) is 4.21. The maximum Gasteiger partial charge on any atom is 0.321 e. The minimum Gasteiger partial charge on any atom is -0.324 e. The number of halogens is 1. The van der Waals surface area contributed by atoms with Gasteiger partial charge in [-0.2, -0.15) is 0 Å². The second-order valence-electron chi connectivity index (χ2n) is 5.53. The largest absolute Gasteiger partial charge is 0.324 e. The van der Waals surface area contributed by atoms with Crippen LogP contribution in [-0.4, -0.2) is 53.5 Å². The zero-order valence-electron chi connectivity index (χ0n) is 14.6. The number of hydrogen-bond donors (Lipinski definition) is 1. The third kappa shape index (κ3) is 4.36. The summed E-state index contributed by atoms with van der Waals surface area (Å²) in [7, 11) is 0. The molecular weight excluding hydrogens is 324 g/mol. The Morgan fingerprint density at radius 1 is 1.12 bits per heavy atom. The maximum absolute atomic E-state index is 12.6. The van der Waals surface area contributed by atoms with Crippen molar-refractivity contribution in [3.63, 3.8) is 0 Å². The second-order valence-corrected chi connectivity index (χ2v) is 5.94. The molecule has 0 unspecified atom stereocenters. The van der Waals surface area contributed by atoms with E-state index in [2.05, 4.69) is 29.0 Å². The van der Waals surface area contributed by atoms with Gasteiger partial charge >= 0.3 is 6.03 Å². The Bertz CT molecular complexity index is 688. The van der Waals surface area contributed by atoms with Crippen molar-refractivity contribution in [2.24, 2.45) is 0 Å². The predicted molar refractivity (Wildman–Crippen MR) is 101 cm³/mol. The van der Waals surface area contributed by atoms with Crippen LogP contribution in [0.5, 0.6) is 0 Å². The van der Waals surface area contributed by atoms with Crippen molar-refractivity contribution in [3.8, 4) is 0 Å². The van der Waals surface area contributed by atoms with Gasteiger partial charge in [-0.3, -0.25) is 4.98 Å². The van der Waals surface area contributed by atoms with Crippen molar-refractivity contribution in [1.29, 1.82) is 0 Å². The zero-order valence-corrected chi connectivity index (χ0v) is 15.3. The second kappa shape index (κ2) is 8.85. The summed E-state index contributed by atoms with van der Waals surface area (Å²) >= 11 is 6.18. The van der Waals surface area contributed by atoms with E-state index in [0.717, 1.165) is 30.7 Å². The molecule has 0 spiro atoms. The van der Waals surface area contributed by atoms with Crippen LogP contribution in [0.1, 0.15) is 20.8 Å². The van der Waals surface area contributed by atoms with Crippen molar-refractivity contribution in [1.82, 2.24) is 14.8 Å². The molecule has 0 aliphatic carbocycles. The number of nitrogens with zero attached hydrogens (tertiary/aromatic N) is 3. The Morgan fingerprint density at radius 2 is 1.88 bits per heavy atom. The molecule has 24 heavy (non-hydrogen) atoms. The highest BCUT2D eigenvalue weighted by Crippen LogP contribution is 2.28. The molecule has 2 aromatic rings. The maximum atomic E-state index is 12.6. The molecule has 1 N–H and O–H groups in total. The van der Waals surface area contributed by atoms with E-state index in [-0.39, 0.29) is 6.03 Å². The summed E-state index contributed by atoms with van der Waals surface area (Å²) in [6.45, 7) is 10.5. The summed E-state index contributed by atoms with van der Waals surface area (Å²) in [4.78, 5) is 21.0. The quantitative estimate of drug-likeness (QED) is 0.820. The summed E-state index contributed by atoms with van der Waals surface area (Å²) in [5.74, 6) is 0. The first-order valence-electron chi connectivity index (χ1n) is 8.42. The molecule has 0 fully saturated rings. The lowest BCUT2D eigenvalue weighted by atomic mass is 10.2. The summed E-state index contributed by atoms with van der Waals surface area (Å²) < 4.78 is 0. The molecule has 0 aliphatic heterocycles. The number of fused-ring (bicyclic) bond motifs is 1. The van der Waals surface area contributed by atoms with Gasteiger partial charge in [-0.05, 0) is 44.3 Å². The number of carbonyl (C=O) groups excluding carboxylic acids is 1. The van der Waals surface area contributed by atoms with Gasteiger partial charge in [0, 0.05) is 31.2 Å². The number of aromatic nitrogens is 1. The molecule has 1 aromatic heterocycles. The van der Waals surface area contributed by atoms with Gasteiger partial charge in [-0.15, -0.1) is 0 Å². The fraction of sp³-hybridized carbons (Fsp3) is 0.444. The summed E-state index contributed by atoms with van der Waals surface area (Å²) in [5, 5.41) is 4.42. The van der Waals surface area contributed by atoms with Crippen LogP contribution in [0.4, 0.5) is 10.5 Å². The third-order valence-corrected chi connectivity index (χ3v) is 4.52. The fourth-order valence-electron chi connectivity index (χ4n) is 2.65. The Morgan fingerprint density at radius 3 is 2.54 bits per heavy atom. The molecule has 1 heterocycles. The van der Waals surface area contributed by atoms with Crippen LogP contribution in [0.2, 0.25) is 5.02 Å². The van der Waals surface area contributed by atoms with Gasteiger partial charge < -0.3 is 15.1 Å². The number of rotatable bonds is 7. The molecule has 1 aromatic carbocycles. The Kier molecular flexibility index (Phi) is 6.82. The van der Waals surface area contributed by atoms with E-state index in [1.807, 2.05) is 30.0 Å². The zero-order chi connectivity index (χ0) is 17.5. The van der Waals surface area contributed by atoms with Gasteiger partial charge in [-0.25, -0.2) is 4.79 Å². The normalized spacial score (nSPS) is 11.0. The van der Waals surface area contributed by atoms with E-state index in [0.29, 0.717) is 23.6 Å². The van der Waals surface area contributed by atoms with Crippen molar-refractivity contribution in [3.05, 3.63) is 35.5 Å². The van der Waals surface area contributed by atoms with Crippen LogP contribution >= 0.6 is 11.6 Å². The minimum atomic E-state index is -0.0999. The number of amides is 2. The van der Waals surface area contributed by atoms with Gasteiger partial charge in [-0.1, -0.05) is 25.4 Å². The number of anilines is 1. The number of hydrogen-bond acceptors (Lipinski definition) is 3. The van der Waals surface area contributed by atoms with E-state index in [1.54, 1.807) is 12.3 Å². The molecular formula is C18H25ClN4O. The number of nitrogens with one attached hydrogen (secondary N) is 1. The first kappa shape index (κ1) is 18.5. The Hall–Kier alpha value is -1.85. The average molecular weight is 349 g/mol. The highest BCUT2D eigenvalue weighted by Gasteiger charge is 2.14. The van der Waals surface area contributed by atoms with Crippen molar-refractivity contribution in [2.45, 2.75) is 20.8 Å². The van der Waals surface area contributed by atoms with Gasteiger partial charge in [0.15, 0.2) is 0 Å². The highest BCUT2D eigenvalue weighted by molar-refractivity contribution is 6.35. The molecule has 0 saturated carbocycles. The van der Waals surface area contributed by atoms with Crippen LogP contribution in [0.25, 0.3) is 10.9 Å². The van der Waals surface area contributed by atoms with E-state index in [4.69, 9.17) is 11.6 Å². The molecule has 130 valence electrons. The van der Waals surface area contributed by atoms with Gasteiger partial charge in [0.05, 0.1) is 16.2 Å². The minimum absolute atomic E-state index is 0.0999. The number of likely N-dealkylation sites (N-methyl/N-ethyl adjacent to an activating group) is 2. The fourth-order valence-corrected chi connectivity index (χ4v) is 2.86. The summed E-state index contributed by atoms with van der Waals surface area (Å²) in [6.07, 6.45) is 1.70. The van der Waals surface area contributed by atoms with Crippen LogP contribution < -0.4 is 5.32 Å². The lowest BCUT2D eigenvalue weighted by Gasteiger charge is -2.25. The van der Waals surface area contributed by atoms with Crippen LogP contribution in [0.15, 0.2) is 30.5 Å². The summed E-state index contributed by atoms with van der Waals surface area (Å²) in [6, 6.07) is 7.24. The topological polar surface area (TPSA) is 48.5 Å². The first-order chi connectivity index (χ1) is 11.6. The SMILES string of the molecule is CCN(CC)CCN(CC)C(=O)Nc1ccc(Cl)c2ncccc12. The lowest BCUT2D eigenvalue weighted by Crippen LogP contribution is -2.40. The van der Waals surface area contributed by atoms with Crippen LogP contribution in [0, 0.1) is 0 Å². The highest BCUT2D eigenvalue weighted by atomic mass is 35.5. The van der Waals surface area contributed by atoms with Gasteiger partial charge in [0.2, 0.25) is 0 Å². The summed E-state index contributed by atoms with van der Waals surface area (Å²) in [5.41, 5.74) is 1.43. The van der Waals surface area contributed by atoms with E-state index >= 15 is 0 Å². The Labute approximate surface area is 148 Å².